The lowest BCUT2D eigenvalue weighted by Gasteiger charge is -2.15. The first-order valence-electron chi connectivity index (χ1n) is 6.44. The van der Waals surface area contributed by atoms with Crippen molar-refractivity contribution in [3.8, 4) is 0 Å². The topological polar surface area (TPSA) is 48.7 Å². The smallest absolute Gasteiger partial charge is 0.338 e. The summed E-state index contributed by atoms with van der Waals surface area (Å²) in [4.78, 5) is 0. The molecular weight excluding hydrogens is 251 g/mol. The van der Waals surface area contributed by atoms with Gasteiger partial charge in [-0.25, -0.2) is 0 Å². The van der Waals surface area contributed by atoms with Gasteiger partial charge in [0.15, 0.2) is 0 Å². The van der Waals surface area contributed by atoms with Crippen LogP contribution in [0.1, 0.15) is 39.2 Å². The van der Waals surface area contributed by atoms with Crippen LogP contribution in [0.25, 0.3) is 0 Å². The van der Waals surface area contributed by atoms with Gasteiger partial charge in [-0.2, -0.15) is 0 Å². The van der Waals surface area contributed by atoms with Crippen LogP contribution in [0.4, 0.5) is 0 Å². The summed E-state index contributed by atoms with van der Waals surface area (Å²) in [6.07, 6.45) is 1.08. The molecule has 18 heavy (non-hydrogen) atoms. The Morgan fingerprint density at radius 3 is 2.22 bits per heavy atom. The Morgan fingerprint density at radius 1 is 1.17 bits per heavy atom. The summed E-state index contributed by atoms with van der Waals surface area (Å²) >= 11 is 0. The number of hydrogen-bond acceptors (Lipinski definition) is 4. The highest BCUT2D eigenvalue weighted by molar-refractivity contribution is 7.53. The third-order valence-corrected chi connectivity index (χ3v) is 4.33. The maximum Gasteiger partial charge on any atom is 0.338 e. The minimum atomic E-state index is -3.06. The molecule has 0 bridgehead atoms. The van der Waals surface area contributed by atoms with Crippen molar-refractivity contribution in [2.75, 3.05) is 13.2 Å². The Bertz CT molecular complexity index is 387. The SMILES string of the molecule is CCOP(=O)(Cc1ccc(CC(C)C)o1)OCC. The first kappa shape index (κ1) is 15.5. The maximum atomic E-state index is 12.3. The van der Waals surface area contributed by atoms with Gasteiger partial charge in [0.2, 0.25) is 0 Å². The Kier molecular flexibility index (Phi) is 6.13. The highest BCUT2D eigenvalue weighted by atomic mass is 31.2. The fraction of sp³-hybridized carbons (Fsp3) is 0.692. The second kappa shape index (κ2) is 7.13. The molecule has 5 heteroatoms. The molecule has 104 valence electrons. The van der Waals surface area contributed by atoms with E-state index in [0.717, 1.165) is 12.2 Å². The molecule has 1 aromatic heterocycles. The summed E-state index contributed by atoms with van der Waals surface area (Å²) in [5, 5.41) is 0. The minimum absolute atomic E-state index is 0.201. The Labute approximate surface area is 109 Å². The quantitative estimate of drug-likeness (QED) is 0.665. The van der Waals surface area contributed by atoms with Crippen LogP contribution in [0, 0.1) is 5.92 Å². The standard InChI is InChI=1S/C13H23O4P/c1-5-15-18(14,16-6-2)10-13-8-7-12(17-13)9-11(3)4/h7-8,11H,5-6,9-10H2,1-4H3. The Hall–Kier alpha value is -0.570. The van der Waals surface area contributed by atoms with Crippen molar-refractivity contribution in [1.29, 1.82) is 0 Å². The van der Waals surface area contributed by atoms with E-state index in [4.69, 9.17) is 13.5 Å². The third kappa shape index (κ3) is 4.97. The van der Waals surface area contributed by atoms with E-state index in [1.807, 2.05) is 12.1 Å². The third-order valence-electron chi connectivity index (χ3n) is 2.33. The van der Waals surface area contributed by atoms with Crippen LogP contribution in [0.5, 0.6) is 0 Å². The molecule has 0 aliphatic carbocycles. The van der Waals surface area contributed by atoms with E-state index in [9.17, 15) is 4.57 Å². The van der Waals surface area contributed by atoms with Gasteiger partial charge in [-0.1, -0.05) is 13.8 Å². The molecule has 1 aromatic rings. The normalized spacial score (nSPS) is 12.3. The molecule has 0 amide bonds. The van der Waals surface area contributed by atoms with E-state index in [-0.39, 0.29) is 6.16 Å². The van der Waals surface area contributed by atoms with Crippen LogP contribution >= 0.6 is 7.60 Å². The highest BCUT2D eigenvalue weighted by Crippen LogP contribution is 2.51. The van der Waals surface area contributed by atoms with Crippen molar-refractivity contribution < 1.29 is 18.0 Å². The van der Waals surface area contributed by atoms with Crippen LogP contribution in [-0.2, 0) is 26.2 Å². The van der Waals surface area contributed by atoms with Crippen molar-refractivity contribution >= 4 is 7.60 Å². The average Bonchev–Trinajstić information content (AvgIpc) is 2.64. The van der Waals surface area contributed by atoms with Crippen molar-refractivity contribution in [2.24, 2.45) is 5.92 Å². The monoisotopic (exact) mass is 274 g/mol. The fourth-order valence-electron chi connectivity index (χ4n) is 1.73. The van der Waals surface area contributed by atoms with Crippen LogP contribution in [0.2, 0.25) is 0 Å². The van der Waals surface area contributed by atoms with Crippen molar-refractivity contribution in [2.45, 2.75) is 40.3 Å². The lowest BCUT2D eigenvalue weighted by Crippen LogP contribution is -1.98. The van der Waals surface area contributed by atoms with E-state index in [1.165, 1.54) is 0 Å². The molecule has 0 saturated heterocycles. The van der Waals surface area contributed by atoms with Crippen molar-refractivity contribution in [3.05, 3.63) is 23.7 Å². The van der Waals surface area contributed by atoms with Gasteiger partial charge in [0.1, 0.15) is 17.7 Å². The Balaban J connectivity index is 2.69. The molecule has 0 radical (unpaired) electrons. The summed E-state index contributed by atoms with van der Waals surface area (Å²) in [5.74, 6) is 2.12. The first-order valence-corrected chi connectivity index (χ1v) is 8.17. The van der Waals surface area contributed by atoms with Crippen LogP contribution in [0.3, 0.4) is 0 Å². The highest BCUT2D eigenvalue weighted by Gasteiger charge is 2.25. The molecule has 0 fully saturated rings. The summed E-state index contributed by atoms with van der Waals surface area (Å²) in [5.41, 5.74) is 0. The van der Waals surface area contributed by atoms with Gasteiger partial charge in [0, 0.05) is 6.42 Å². The van der Waals surface area contributed by atoms with E-state index >= 15 is 0 Å². The predicted octanol–water partition coefficient (Wildman–Crippen LogP) is 4.24. The molecule has 0 saturated carbocycles. The van der Waals surface area contributed by atoms with Crippen LogP contribution in [-0.4, -0.2) is 13.2 Å². The Morgan fingerprint density at radius 2 is 1.72 bits per heavy atom. The van der Waals surface area contributed by atoms with E-state index in [0.29, 0.717) is 24.9 Å². The minimum Gasteiger partial charge on any atom is -0.465 e. The summed E-state index contributed by atoms with van der Waals surface area (Å²) < 4.78 is 28.4. The number of hydrogen-bond donors (Lipinski definition) is 0. The van der Waals surface area contributed by atoms with Gasteiger partial charge in [-0.3, -0.25) is 4.57 Å². The molecule has 1 heterocycles. The lowest BCUT2D eigenvalue weighted by molar-refractivity contribution is 0.217. The van der Waals surface area contributed by atoms with E-state index in [1.54, 1.807) is 13.8 Å². The molecule has 0 aliphatic rings. The van der Waals surface area contributed by atoms with Crippen molar-refractivity contribution in [3.63, 3.8) is 0 Å². The van der Waals surface area contributed by atoms with E-state index in [2.05, 4.69) is 13.8 Å². The second-order valence-corrected chi connectivity index (χ2v) is 6.62. The van der Waals surface area contributed by atoms with Crippen molar-refractivity contribution in [1.82, 2.24) is 0 Å². The molecule has 1 rings (SSSR count). The molecular formula is C13H23O4P. The molecule has 0 spiro atoms. The summed E-state index contributed by atoms with van der Waals surface area (Å²) in [6.45, 7) is 8.62. The summed E-state index contributed by atoms with van der Waals surface area (Å²) in [6, 6.07) is 3.78. The van der Waals surface area contributed by atoms with E-state index < -0.39 is 7.60 Å². The maximum absolute atomic E-state index is 12.3. The van der Waals surface area contributed by atoms with Gasteiger partial charge in [-0.05, 0) is 31.9 Å². The molecule has 0 N–H and O–H groups in total. The zero-order valence-electron chi connectivity index (χ0n) is 11.6. The van der Waals surface area contributed by atoms with Gasteiger partial charge in [0.05, 0.1) is 13.2 Å². The summed E-state index contributed by atoms with van der Waals surface area (Å²) in [7, 11) is -3.06. The molecule has 4 nitrogen and oxygen atoms in total. The number of rotatable bonds is 8. The van der Waals surface area contributed by atoms with Gasteiger partial charge < -0.3 is 13.5 Å². The average molecular weight is 274 g/mol. The fourth-order valence-corrected chi connectivity index (χ4v) is 3.33. The zero-order valence-corrected chi connectivity index (χ0v) is 12.5. The zero-order chi connectivity index (χ0) is 13.6. The number of furan rings is 1. The largest absolute Gasteiger partial charge is 0.465 e. The van der Waals surface area contributed by atoms with Gasteiger partial charge in [-0.15, -0.1) is 0 Å². The first-order chi connectivity index (χ1) is 8.49. The van der Waals surface area contributed by atoms with Crippen LogP contribution in [0.15, 0.2) is 16.5 Å². The second-order valence-electron chi connectivity index (χ2n) is 4.57. The van der Waals surface area contributed by atoms with Gasteiger partial charge in [0.25, 0.3) is 0 Å². The molecule has 0 atom stereocenters. The van der Waals surface area contributed by atoms with Gasteiger partial charge >= 0.3 is 7.60 Å². The lowest BCUT2D eigenvalue weighted by atomic mass is 10.1. The van der Waals surface area contributed by atoms with Crippen LogP contribution < -0.4 is 0 Å². The molecule has 0 aliphatic heterocycles. The predicted molar refractivity (Wildman–Crippen MR) is 71.8 cm³/mol. The molecule has 0 unspecified atom stereocenters. The molecule has 0 aromatic carbocycles.